The molecule has 0 amide bonds. The number of benzene rings is 1. The van der Waals surface area contributed by atoms with E-state index in [1.807, 2.05) is 24.3 Å². The molecule has 76 valence electrons. The molecule has 0 aromatic heterocycles. The molecule has 0 spiro atoms. The van der Waals surface area contributed by atoms with Crippen LogP contribution in [0.3, 0.4) is 0 Å². The van der Waals surface area contributed by atoms with E-state index in [1.54, 1.807) is 11.8 Å². The fourth-order valence-electron chi connectivity index (χ4n) is 0.959. The Morgan fingerprint density at radius 1 is 1.36 bits per heavy atom. The Morgan fingerprint density at radius 2 is 2.07 bits per heavy atom. The van der Waals surface area contributed by atoms with Gasteiger partial charge in [0.05, 0.1) is 0 Å². The van der Waals surface area contributed by atoms with E-state index in [2.05, 4.69) is 6.58 Å². The molecule has 0 atom stereocenters. The summed E-state index contributed by atoms with van der Waals surface area (Å²) in [5, 5.41) is 0.830. The van der Waals surface area contributed by atoms with Crippen LogP contribution in [0.25, 0.3) is 0 Å². The summed E-state index contributed by atoms with van der Waals surface area (Å²) in [7, 11) is 0. The molecule has 0 fully saturated rings. The van der Waals surface area contributed by atoms with Crippen LogP contribution >= 0.6 is 35.0 Å². The van der Waals surface area contributed by atoms with Gasteiger partial charge in [0.1, 0.15) is 0 Å². The summed E-state index contributed by atoms with van der Waals surface area (Å²) in [5.74, 6) is 2.35. The number of hydrogen-bond donors (Lipinski definition) is 0. The lowest BCUT2D eigenvalue weighted by atomic mass is 10.2. The van der Waals surface area contributed by atoms with Gasteiger partial charge < -0.3 is 0 Å². The van der Waals surface area contributed by atoms with Gasteiger partial charge in [-0.2, -0.15) is 11.8 Å². The summed E-state index contributed by atoms with van der Waals surface area (Å²) in [6.07, 6.45) is 0. The Balaban J connectivity index is 2.39. The molecule has 0 radical (unpaired) electrons. The van der Waals surface area contributed by atoms with Crippen LogP contribution in [-0.4, -0.2) is 11.6 Å². The van der Waals surface area contributed by atoms with Crippen molar-refractivity contribution in [2.24, 2.45) is 0 Å². The monoisotopic (exact) mass is 246 g/mol. The average molecular weight is 247 g/mol. The van der Waals surface area contributed by atoms with Crippen molar-refractivity contribution in [3.05, 3.63) is 47.0 Å². The lowest BCUT2D eigenvalue weighted by Crippen LogP contribution is -1.88. The van der Waals surface area contributed by atoms with Crippen LogP contribution in [0, 0.1) is 0 Å². The van der Waals surface area contributed by atoms with Crippen molar-refractivity contribution >= 4 is 35.0 Å². The minimum absolute atomic E-state index is 0.537. The molecule has 14 heavy (non-hydrogen) atoms. The molecule has 0 unspecified atom stereocenters. The molecule has 0 heterocycles. The Hall–Kier alpha value is -0.110. The fourth-order valence-corrected chi connectivity index (χ4v) is 2.41. The van der Waals surface area contributed by atoms with Crippen LogP contribution in [0.4, 0.5) is 0 Å². The van der Waals surface area contributed by atoms with Gasteiger partial charge >= 0.3 is 0 Å². The Morgan fingerprint density at radius 3 is 2.71 bits per heavy atom. The SMILES string of the molecule is C=C(CCl)CSCc1ccccc1Cl. The zero-order chi connectivity index (χ0) is 10.4. The molecule has 0 saturated carbocycles. The zero-order valence-corrected chi connectivity index (χ0v) is 10.1. The maximum atomic E-state index is 6.01. The fraction of sp³-hybridized carbons (Fsp3) is 0.273. The molecule has 0 bridgehead atoms. The lowest BCUT2D eigenvalue weighted by molar-refractivity contribution is 1.38. The van der Waals surface area contributed by atoms with Gasteiger partial charge in [-0.1, -0.05) is 42.0 Å². The second-order valence-electron chi connectivity index (χ2n) is 2.97. The minimum Gasteiger partial charge on any atom is -0.153 e. The van der Waals surface area contributed by atoms with Gasteiger partial charge in [-0.15, -0.1) is 11.6 Å². The molecular weight excluding hydrogens is 235 g/mol. The maximum Gasteiger partial charge on any atom is 0.0446 e. The predicted molar refractivity (Wildman–Crippen MR) is 67.5 cm³/mol. The van der Waals surface area contributed by atoms with Crippen LogP contribution in [0.2, 0.25) is 5.02 Å². The molecule has 0 aliphatic rings. The minimum atomic E-state index is 0.537. The van der Waals surface area contributed by atoms with E-state index >= 15 is 0 Å². The summed E-state index contributed by atoms with van der Waals surface area (Å²) in [5.41, 5.74) is 2.23. The summed E-state index contributed by atoms with van der Waals surface area (Å²) >= 11 is 13.4. The summed E-state index contributed by atoms with van der Waals surface area (Å²) in [6, 6.07) is 7.89. The van der Waals surface area contributed by atoms with Gasteiger partial charge in [0.15, 0.2) is 0 Å². The highest BCUT2D eigenvalue weighted by Gasteiger charge is 1.99. The molecule has 0 aliphatic heterocycles. The van der Waals surface area contributed by atoms with Crippen molar-refractivity contribution in [3.63, 3.8) is 0 Å². The predicted octanol–water partition coefficient (Wildman–Crippen LogP) is 4.37. The van der Waals surface area contributed by atoms with Gasteiger partial charge in [-0.3, -0.25) is 0 Å². The molecule has 1 rings (SSSR count). The molecule has 0 aliphatic carbocycles. The highest BCUT2D eigenvalue weighted by atomic mass is 35.5. The van der Waals surface area contributed by atoms with Crippen molar-refractivity contribution in [3.8, 4) is 0 Å². The number of rotatable bonds is 5. The van der Waals surface area contributed by atoms with Gasteiger partial charge in [0.25, 0.3) is 0 Å². The average Bonchev–Trinajstić information content (AvgIpc) is 2.20. The van der Waals surface area contributed by atoms with Crippen LogP contribution in [0.1, 0.15) is 5.56 Å². The van der Waals surface area contributed by atoms with Gasteiger partial charge in [0, 0.05) is 22.4 Å². The van der Waals surface area contributed by atoms with E-state index in [4.69, 9.17) is 23.2 Å². The van der Waals surface area contributed by atoms with E-state index in [9.17, 15) is 0 Å². The van der Waals surface area contributed by atoms with E-state index in [0.717, 1.165) is 22.1 Å². The molecule has 0 nitrogen and oxygen atoms in total. The highest BCUT2D eigenvalue weighted by molar-refractivity contribution is 7.98. The second-order valence-corrected chi connectivity index (χ2v) is 4.63. The van der Waals surface area contributed by atoms with Crippen LogP contribution in [-0.2, 0) is 5.75 Å². The topological polar surface area (TPSA) is 0 Å². The van der Waals surface area contributed by atoms with Crippen LogP contribution in [0.5, 0.6) is 0 Å². The third-order valence-electron chi connectivity index (χ3n) is 1.71. The van der Waals surface area contributed by atoms with Gasteiger partial charge in [-0.05, 0) is 11.6 Å². The standard InChI is InChI=1S/C11H12Cl2S/c1-9(6-12)7-14-8-10-4-2-3-5-11(10)13/h2-5H,1,6-8H2. The van der Waals surface area contributed by atoms with E-state index < -0.39 is 0 Å². The first kappa shape index (κ1) is 12.0. The molecule has 1 aromatic carbocycles. The first-order chi connectivity index (χ1) is 6.74. The zero-order valence-electron chi connectivity index (χ0n) is 7.80. The Labute approximate surface area is 99.3 Å². The van der Waals surface area contributed by atoms with Crippen molar-refractivity contribution < 1.29 is 0 Å². The van der Waals surface area contributed by atoms with Crippen LogP contribution < -0.4 is 0 Å². The molecular formula is C11H12Cl2S. The quantitative estimate of drug-likeness (QED) is 0.550. The lowest BCUT2D eigenvalue weighted by Gasteiger charge is -2.04. The first-order valence-electron chi connectivity index (χ1n) is 4.28. The number of halogens is 2. The summed E-state index contributed by atoms with van der Waals surface area (Å²) in [4.78, 5) is 0. The van der Waals surface area contributed by atoms with Gasteiger partial charge in [0.2, 0.25) is 0 Å². The second kappa shape index (κ2) is 6.39. The molecule has 3 heteroatoms. The van der Waals surface area contributed by atoms with E-state index in [1.165, 1.54) is 5.56 Å². The van der Waals surface area contributed by atoms with E-state index in [-0.39, 0.29) is 0 Å². The molecule has 0 saturated heterocycles. The molecule has 1 aromatic rings. The van der Waals surface area contributed by atoms with Crippen molar-refractivity contribution in [1.29, 1.82) is 0 Å². The third kappa shape index (κ3) is 3.95. The number of alkyl halides is 1. The largest absolute Gasteiger partial charge is 0.153 e. The summed E-state index contributed by atoms with van der Waals surface area (Å²) in [6.45, 7) is 3.84. The van der Waals surface area contributed by atoms with Crippen LogP contribution in [0.15, 0.2) is 36.4 Å². The number of thioether (sulfide) groups is 1. The normalized spacial score (nSPS) is 10.1. The Kier molecular flexibility index (Phi) is 5.46. The Bertz CT molecular complexity index is 310. The van der Waals surface area contributed by atoms with Gasteiger partial charge in [-0.25, -0.2) is 0 Å². The van der Waals surface area contributed by atoms with Crippen molar-refractivity contribution in [1.82, 2.24) is 0 Å². The maximum absolute atomic E-state index is 6.01. The van der Waals surface area contributed by atoms with Crippen molar-refractivity contribution in [2.75, 3.05) is 11.6 Å². The smallest absolute Gasteiger partial charge is 0.0446 e. The third-order valence-corrected chi connectivity index (χ3v) is 3.58. The number of hydrogen-bond acceptors (Lipinski definition) is 1. The van der Waals surface area contributed by atoms with Crippen molar-refractivity contribution in [2.45, 2.75) is 5.75 Å². The highest BCUT2D eigenvalue weighted by Crippen LogP contribution is 2.21. The summed E-state index contributed by atoms with van der Waals surface area (Å²) < 4.78 is 0. The van der Waals surface area contributed by atoms with E-state index in [0.29, 0.717) is 5.88 Å². The first-order valence-corrected chi connectivity index (χ1v) is 6.34. The molecule has 0 N–H and O–H groups in total.